The molecule has 0 aliphatic heterocycles. The van der Waals surface area contributed by atoms with Crippen molar-refractivity contribution in [2.24, 2.45) is 0 Å². The molecule has 0 amide bonds. The molecule has 0 unspecified atom stereocenters. The van der Waals surface area contributed by atoms with Crippen LogP contribution in [0.4, 0.5) is 0 Å². The molecule has 12 rings (SSSR count). The fourth-order valence-corrected chi connectivity index (χ4v) is 10.6. The Morgan fingerprint density at radius 1 is 0.290 bits per heavy atom. The number of thiophene rings is 2. The molecule has 4 heterocycles. The Kier molecular flexibility index (Phi) is 8.80. The van der Waals surface area contributed by atoms with Gasteiger partial charge in [0.15, 0.2) is 23.3 Å². The van der Waals surface area contributed by atoms with E-state index in [0.29, 0.717) is 23.3 Å². The molecule has 0 atom stereocenters. The second kappa shape index (κ2) is 15.1. The number of rotatable bonds is 7. The van der Waals surface area contributed by atoms with Crippen molar-refractivity contribution in [3.05, 3.63) is 200 Å². The second-order valence-electron chi connectivity index (χ2n) is 15.2. The third kappa shape index (κ3) is 6.43. The SMILES string of the molecule is c1ccc(-c2cccc(-c3nc(-c4ccc(-c5ccc6sc7cccc(-c8nc(-c9ccccc9)nc(-c9ccccc9)n8)c7c6c5)cc4)c4sc5ccccc5c4n3)c2)cc1. The molecule has 4 aromatic heterocycles. The van der Waals surface area contributed by atoms with Crippen molar-refractivity contribution in [1.29, 1.82) is 0 Å². The molecule has 0 spiro atoms. The maximum Gasteiger partial charge on any atom is 0.164 e. The van der Waals surface area contributed by atoms with Gasteiger partial charge in [-0.1, -0.05) is 170 Å². The second-order valence-corrected chi connectivity index (χ2v) is 17.4. The molecule has 7 heteroatoms. The first-order valence-corrected chi connectivity index (χ1v) is 22.1. The highest BCUT2D eigenvalue weighted by atomic mass is 32.1. The Morgan fingerprint density at radius 2 is 0.806 bits per heavy atom. The molecule has 0 saturated carbocycles. The summed E-state index contributed by atoms with van der Waals surface area (Å²) in [7, 11) is 0. The Labute approximate surface area is 365 Å². The number of hydrogen-bond acceptors (Lipinski definition) is 7. The highest BCUT2D eigenvalue weighted by Crippen LogP contribution is 2.43. The van der Waals surface area contributed by atoms with Gasteiger partial charge in [-0.3, -0.25) is 0 Å². The summed E-state index contributed by atoms with van der Waals surface area (Å²) >= 11 is 3.54. The van der Waals surface area contributed by atoms with E-state index in [1.54, 1.807) is 22.7 Å². The van der Waals surface area contributed by atoms with Crippen LogP contribution >= 0.6 is 22.7 Å². The summed E-state index contributed by atoms with van der Waals surface area (Å²) in [4.78, 5) is 25.7. The summed E-state index contributed by atoms with van der Waals surface area (Å²) < 4.78 is 4.69. The van der Waals surface area contributed by atoms with Crippen molar-refractivity contribution in [1.82, 2.24) is 24.9 Å². The van der Waals surface area contributed by atoms with E-state index in [1.165, 1.54) is 19.5 Å². The van der Waals surface area contributed by atoms with Crippen LogP contribution in [0.25, 0.3) is 120 Å². The Balaban J connectivity index is 0.963. The third-order valence-electron chi connectivity index (χ3n) is 11.4. The van der Waals surface area contributed by atoms with Crippen LogP contribution in [0.1, 0.15) is 0 Å². The molecular weight excluding hydrogens is 795 g/mol. The van der Waals surface area contributed by atoms with Crippen LogP contribution in [0.2, 0.25) is 0 Å². The van der Waals surface area contributed by atoms with Gasteiger partial charge >= 0.3 is 0 Å². The summed E-state index contributed by atoms with van der Waals surface area (Å²) in [5.74, 6) is 2.67. The molecule has 12 aromatic rings. The van der Waals surface area contributed by atoms with Crippen LogP contribution in [-0.2, 0) is 0 Å². The molecule has 0 aliphatic rings. The minimum atomic E-state index is 0.649. The van der Waals surface area contributed by atoms with Gasteiger partial charge in [0.25, 0.3) is 0 Å². The molecule has 0 radical (unpaired) electrons. The molecule has 290 valence electrons. The smallest absolute Gasteiger partial charge is 0.164 e. The standard InChI is InChI=1S/C55H33N5S2/c1-4-14-34(15-5-1)39-20-12-21-41(32-39)54-56-49(51-50(57-54)42-22-10-11-24-45(42)62-51)36-28-26-35(27-29-36)40-30-31-46-44(33-40)48-43(23-13-25-47(48)61-46)55-59-52(37-16-6-2-7-17-37)58-53(60-55)38-18-8-3-9-19-38/h1-33H. The van der Waals surface area contributed by atoms with Crippen LogP contribution in [0.3, 0.4) is 0 Å². The predicted molar refractivity (Wildman–Crippen MR) is 259 cm³/mol. The summed E-state index contributed by atoms with van der Waals surface area (Å²) in [6.45, 7) is 0. The molecule has 8 aromatic carbocycles. The highest BCUT2D eigenvalue weighted by molar-refractivity contribution is 7.26. The first kappa shape index (κ1) is 36.2. The van der Waals surface area contributed by atoms with E-state index in [4.69, 9.17) is 24.9 Å². The summed E-state index contributed by atoms with van der Waals surface area (Å²) in [5.41, 5.74) is 11.4. The van der Waals surface area contributed by atoms with Gasteiger partial charge in [-0.15, -0.1) is 22.7 Å². The Bertz CT molecular complexity index is 3560. The van der Waals surface area contributed by atoms with Crippen LogP contribution in [0, 0.1) is 0 Å². The fraction of sp³-hybridized carbons (Fsp3) is 0. The average molecular weight is 828 g/mol. The lowest BCUT2D eigenvalue weighted by Gasteiger charge is -2.10. The van der Waals surface area contributed by atoms with Crippen molar-refractivity contribution in [3.8, 4) is 79.1 Å². The molecule has 0 bridgehead atoms. The van der Waals surface area contributed by atoms with Crippen molar-refractivity contribution in [3.63, 3.8) is 0 Å². The number of nitrogens with zero attached hydrogens (tertiary/aromatic N) is 5. The zero-order chi connectivity index (χ0) is 41.0. The number of fused-ring (bicyclic) bond motifs is 6. The minimum absolute atomic E-state index is 0.649. The van der Waals surface area contributed by atoms with E-state index < -0.39 is 0 Å². The summed E-state index contributed by atoms with van der Waals surface area (Å²) in [6.07, 6.45) is 0. The molecule has 0 aliphatic carbocycles. The maximum atomic E-state index is 5.32. The monoisotopic (exact) mass is 827 g/mol. The maximum absolute atomic E-state index is 5.32. The van der Waals surface area contributed by atoms with Gasteiger partial charge in [-0.2, -0.15) is 0 Å². The quantitative estimate of drug-likeness (QED) is 0.160. The van der Waals surface area contributed by atoms with E-state index >= 15 is 0 Å². The van der Waals surface area contributed by atoms with Crippen LogP contribution in [0.5, 0.6) is 0 Å². The normalized spacial score (nSPS) is 11.5. The van der Waals surface area contributed by atoms with Gasteiger partial charge < -0.3 is 0 Å². The van der Waals surface area contributed by atoms with Crippen molar-refractivity contribution in [2.75, 3.05) is 0 Å². The fourth-order valence-electron chi connectivity index (χ4n) is 8.33. The lowest BCUT2D eigenvalue weighted by Crippen LogP contribution is -2.00. The topological polar surface area (TPSA) is 64.5 Å². The van der Waals surface area contributed by atoms with Crippen LogP contribution in [0.15, 0.2) is 200 Å². The van der Waals surface area contributed by atoms with E-state index in [2.05, 4.69) is 133 Å². The van der Waals surface area contributed by atoms with E-state index in [-0.39, 0.29) is 0 Å². The van der Waals surface area contributed by atoms with Gasteiger partial charge in [0.2, 0.25) is 0 Å². The van der Waals surface area contributed by atoms with E-state index in [0.717, 1.165) is 76.8 Å². The van der Waals surface area contributed by atoms with E-state index in [9.17, 15) is 0 Å². The Morgan fingerprint density at radius 3 is 1.55 bits per heavy atom. The first-order chi connectivity index (χ1) is 30.7. The molecule has 62 heavy (non-hydrogen) atoms. The zero-order valence-corrected chi connectivity index (χ0v) is 34.7. The number of hydrogen-bond donors (Lipinski definition) is 0. The largest absolute Gasteiger partial charge is 0.226 e. The average Bonchev–Trinajstić information content (AvgIpc) is 3.93. The van der Waals surface area contributed by atoms with Gasteiger partial charge in [0.05, 0.1) is 15.9 Å². The van der Waals surface area contributed by atoms with Crippen molar-refractivity contribution < 1.29 is 0 Å². The van der Waals surface area contributed by atoms with Crippen molar-refractivity contribution in [2.45, 2.75) is 0 Å². The zero-order valence-electron chi connectivity index (χ0n) is 33.1. The predicted octanol–water partition coefficient (Wildman–Crippen LogP) is 15.1. The molecule has 5 nitrogen and oxygen atoms in total. The summed E-state index contributed by atoms with van der Waals surface area (Å²) in [6, 6.07) is 69.9. The molecule has 0 N–H and O–H groups in total. The summed E-state index contributed by atoms with van der Waals surface area (Å²) in [5, 5.41) is 3.47. The van der Waals surface area contributed by atoms with E-state index in [1.807, 2.05) is 66.7 Å². The molecule has 0 saturated heterocycles. The van der Waals surface area contributed by atoms with Gasteiger partial charge in [0.1, 0.15) is 0 Å². The van der Waals surface area contributed by atoms with Crippen LogP contribution in [-0.4, -0.2) is 24.9 Å². The number of benzene rings is 8. The van der Waals surface area contributed by atoms with Crippen molar-refractivity contribution >= 4 is 63.1 Å². The first-order valence-electron chi connectivity index (χ1n) is 20.5. The number of aromatic nitrogens is 5. The lowest BCUT2D eigenvalue weighted by molar-refractivity contribution is 1.08. The highest BCUT2D eigenvalue weighted by Gasteiger charge is 2.19. The minimum Gasteiger partial charge on any atom is -0.226 e. The molecular formula is C55H33N5S2. The lowest BCUT2D eigenvalue weighted by atomic mass is 9.99. The van der Waals surface area contributed by atoms with Crippen LogP contribution < -0.4 is 0 Å². The Hall–Kier alpha value is -7.71. The third-order valence-corrected chi connectivity index (χ3v) is 13.7. The van der Waals surface area contributed by atoms with Gasteiger partial charge in [-0.05, 0) is 52.6 Å². The van der Waals surface area contributed by atoms with Gasteiger partial charge in [0, 0.05) is 58.1 Å². The molecule has 0 fully saturated rings. The van der Waals surface area contributed by atoms with Gasteiger partial charge in [-0.25, -0.2) is 24.9 Å².